The minimum atomic E-state index is -1.01. The Morgan fingerprint density at radius 3 is 2.71 bits per heavy atom. The van der Waals surface area contributed by atoms with Crippen LogP contribution in [0.25, 0.3) is 0 Å². The first-order chi connectivity index (χ1) is 8.18. The summed E-state index contributed by atoms with van der Waals surface area (Å²) in [5.74, 6) is 0. The first kappa shape index (κ1) is 11.6. The number of benzene rings is 1. The Morgan fingerprint density at radius 2 is 2.12 bits per heavy atom. The maximum absolute atomic E-state index is 11.3. The van der Waals surface area contributed by atoms with Crippen molar-refractivity contribution in [3.63, 3.8) is 0 Å². The number of hydrogen-bond acceptors (Lipinski definition) is 2. The summed E-state index contributed by atoms with van der Waals surface area (Å²) in [6.07, 6.45) is 1.60. The molecule has 4 nitrogen and oxygen atoms in total. The van der Waals surface area contributed by atoms with Crippen molar-refractivity contribution in [1.82, 2.24) is 4.90 Å². The molecular weight excluding hydrogens is 218 g/mol. The average Bonchev–Trinajstić information content (AvgIpc) is 2.75. The number of hydrogen-bond donors (Lipinski definition) is 1. The molecule has 1 saturated heterocycles. The Bertz CT molecular complexity index is 418. The highest BCUT2D eigenvalue weighted by Gasteiger charge is 2.43. The van der Waals surface area contributed by atoms with Gasteiger partial charge in [-0.15, -0.1) is 0 Å². The van der Waals surface area contributed by atoms with Gasteiger partial charge in [-0.1, -0.05) is 30.3 Å². The van der Waals surface area contributed by atoms with Crippen molar-refractivity contribution in [2.45, 2.75) is 24.8 Å². The summed E-state index contributed by atoms with van der Waals surface area (Å²) in [7, 11) is 0. The second kappa shape index (κ2) is 4.57. The molecule has 0 aliphatic carbocycles. The van der Waals surface area contributed by atoms with Gasteiger partial charge in [-0.25, -0.2) is 4.79 Å². The zero-order valence-corrected chi connectivity index (χ0v) is 9.50. The molecule has 4 heteroatoms. The highest BCUT2D eigenvalue weighted by molar-refractivity contribution is 5.76. The Labute approximate surface area is 99.9 Å². The molecule has 1 heterocycles. The van der Waals surface area contributed by atoms with Gasteiger partial charge in [0.2, 0.25) is 0 Å². The third kappa shape index (κ3) is 2.16. The largest absolute Gasteiger partial charge is 0.465 e. The SMILES string of the molecule is O=C[C@]1(Cc2ccccc2)CCCN1C(=O)O. The second-order valence-electron chi connectivity index (χ2n) is 4.42. The van der Waals surface area contributed by atoms with Gasteiger partial charge in [0.15, 0.2) is 0 Å². The van der Waals surface area contributed by atoms with E-state index in [2.05, 4.69) is 0 Å². The molecule has 1 aliphatic rings. The highest BCUT2D eigenvalue weighted by atomic mass is 16.4. The zero-order valence-electron chi connectivity index (χ0n) is 9.50. The molecule has 1 fully saturated rings. The average molecular weight is 233 g/mol. The number of rotatable bonds is 3. The van der Waals surface area contributed by atoms with Gasteiger partial charge in [-0.2, -0.15) is 0 Å². The third-order valence-corrected chi connectivity index (χ3v) is 3.33. The summed E-state index contributed by atoms with van der Waals surface area (Å²) in [5, 5.41) is 9.13. The fraction of sp³-hybridized carbons (Fsp3) is 0.385. The topological polar surface area (TPSA) is 57.6 Å². The molecule has 2 rings (SSSR count). The maximum Gasteiger partial charge on any atom is 0.408 e. The summed E-state index contributed by atoms with van der Waals surface area (Å²) in [5.41, 5.74) is 0.125. The van der Waals surface area contributed by atoms with Crippen molar-refractivity contribution < 1.29 is 14.7 Å². The fourth-order valence-electron chi connectivity index (χ4n) is 2.48. The molecule has 1 aromatic carbocycles. The van der Waals surface area contributed by atoms with Crippen LogP contribution in [0.4, 0.5) is 4.79 Å². The van der Waals surface area contributed by atoms with Crippen molar-refractivity contribution in [1.29, 1.82) is 0 Å². The quantitative estimate of drug-likeness (QED) is 0.812. The van der Waals surface area contributed by atoms with E-state index in [0.717, 1.165) is 18.3 Å². The minimum absolute atomic E-state index is 0.445. The van der Waals surface area contributed by atoms with Crippen LogP contribution in [-0.4, -0.2) is 34.5 Å². The lowest BCUT2D eigenvalue weighted by Gasteiger charge is -2.31. The normalized spacial score (nSPS) is 23.6. The predicted molar refractivity (Wildman–Crippen MR) is 62.9 cm³/mol. The first-order valence-corrected chi connectivity index (χ1v) is 5.69. The van der Waals surface area contributed by atoms with Crippen molar-refractivity contribution >= 4 is 12.4 Å². The molecule has 0 unspecified atom stereocenters. The van der Waals surface area contributed by atoms with Gasteiger partial charge in [0.1, 0.15) is 11.8 Å². The lowest BCUT2D eigenvalue weighted by atomic mass is 9.90. The molecule has 1 N–H and O–H groups in total. The molecule has 1 atom stereocenters. The van der Waals surface area contributed by atoms with Crippen molar-refractivity contribution in [2.75, 3.05) is 6.54 Å². The van der Waals surface area contributed by atoms with Gasteiger partial charge in [-0.3, -0.25) is 4.90 Å². The van der Waals surface area contributed by atoms with E-state index in [0.29, 0.717) is 19.4 Å². The summed E-state index contributed by atoms with van der Waals surface area (Å²) >= 11 is 0. The number of carbonyl (C=O) groups is 2. The van der Waals surface area contributed by atoms with Crippen LogP contribution >= 0.6 is 0 Å². The number of likely N-dealkylation sites (tertiary alicyclic amines) is 1. The minimum Gasteiger partial charge on any atom is -0.465 e. The fourth-order valence-corrected chi connectivity index (χ4v) is 2.48. The van der Waals surface area contributed by atoms with Crippen LogP contribution < -0.4 is 0 Å². The highest BCUT2D eigenvalue weighted by Crippen LogP contribution is 2.31. The van der Waals surface area contributed by atoms with Crippen LogP contribution in [0.15, 0.2) is 30.3 Å². The first-order valence-electron chi connectivity index (χ1n) is 5.69. The Kier molecular flexibility index (Phi) is 3.13. The van der Waals surface area contributed by atoms with Crippen LogP contribution in [0.2, 0.25) is 0 Å². The number of aldehydes is 1. The molecule has 0 spiro atoms. The number of nitrogens with zero attached hydrogens (tertiary/aromatic N) is 1. The van der Waals surface area contributed by atoms with E-state index in [4.69, 9.17) is 5.11 Å². The van der Waals surface area contributed by atoms with E-state index in [-0.39, 0.29) is 0 Å². The van der Waals surface area contributed by atoms with E-state index in [1.165, 1.54) is 4.90 Å². The van der Waals surface area contributed by atoms with Crippen molar-refractivity contribution in [3.05, 3.63) is 35.9 Å². The molecule has 0 aromatic heterocycles. The van der Waals surface area contributed by atoms with Gasteiger partial charge in [0, 0.05) is 13.0 Å². The smallest absolute Gasteiger partial charge is 0.408 e. The molecule has 90 valence electrons. The van der Waals surface area contributed by atoms with Gasteiger partial charge in [0.05, 0.1) is 0 Å². The Morgan fingerprint density at radius 1 is 1.41 bits per heavy atom. The van der Waals surface area contributed by atoms with E-state index >= 15 is 0 Å². The molecule has 0 saturated carbocycles. The van der Waals surface area contributed by atoms with Crippen molar-refractivity contribution in [2.24, 2.45) is 0 Å². The molecule has 1 aliphatic heterocycles. The predicted octanol–water partition coefficient (Wildman–Crippen LogP) is 1.94. The molecule has 17 heavy (non-hydrogen) atoms. The molecular formula is C13H15NO3. The standard InChI is InChI=1S/C13H15NO3/c15-10-13(7-4-8-14(13)12(16)17)9-11-5-2-1-3-6-11/h1-3,5-6,10H,4,7-9H2,(H,16,17)/t13-/m1/s1. The van der Waals surface area contributed by atoms with E-state index in [1.807, 2.05) is 30.3 Å². The summed E-state index contributed by atoms with van der Waals surface area (Å²) in [6, 6.07) is 9.54. The molecule has 0 bridgehead atoms. The van der Waals surface area contributed by atoms with Gasteiger partial charge < -0.3 is 9.90 Å². The number of carboxylic acid groups (broad SMARTS) is 1. The van der Waals surface area contributed by atoms with Gasteiger partial charge in [0.25, 0.3) is 0 Å². The maximum atomic E-state index is 11.3. The Balaban J connectivity index is 2.25. The molecule has 0 radical (unpaired) electrons. The van der Waals surface area contributed by atoms with E-state index in [9.17, 15) is 9.59 Å². The lowest BCUT2D eigenvalue weighted by Crippen LogP contribution is -2.49. The summed E-state index contributed by atoms with van der Waals surface area (Å²) in [4.78, 5) is 23.7. The van der Waals surface area contributed by atoms with Crippen LogP contribution in [0.5, 0.6) is 0 Å². The summed E-state index contributed by atoms with van der Waals surface area (Å²) in [6.45, 7) is 0.445. The zero-order chi connectivity index (χ0) is 12.3. The molecule has 1 amide bonds. The van der Waals surface area contributed by atoms with Gasteiger partial charge >= 0.3 is 6.09 Å². The Hall–Kier alpha value is -1.84. The van der Waals surface area contributed by atoms with Crippen molar-refractivity contribution in [3.8, 4) is 0 Å². The van der Waals surface area contributed by atoms with E-state index < -0.39 is 11.6 Å². The van der Waals surface area contributed by atoms with Crippen LogP contribution in [0.1, 0.15) is 18.4 Å². The number of amides is 1. The lowest BCUT2D eigenvalue weighted by molar-refractivity contribution is -0.116. The van der Waals surface area contributed by atoms with E-state index in [1.54, 1.807) is 0 Å². The van der Waals surface area contributed by atoms with Crippen LogP contribution in [0, 0.1) is 0 Å². The summed E-state index contributed by atoms with van der Waals surface area (Å²) < 4.78 is 0. The van der Waals surface area contributed by atoms with Crippen LogP contribution in [0.3, 0.4) is 0 Å². The second-order valence-corrected chi connectivity index (χ2v) is 4.42. The molecule has 1 aromatic rings. The van der Waals surface area contributed by atoms with Gasteiger partial charge in [-0.05, 0) is 18.4 Å². The number of carbonyl (C=O) groups excluding carboxylic acids is 1. The van der Waals surface area contributed by atoms with Crippen LogP contribution in [-0.2, 0) is 11.2 Å². The monoisotopic (exact) mass is 233 g/mol. The third-order valence-electron chi connectivity index (χ3n) is 3.33.